The first-order valence-corrected chi connectivity index (χ1v) is 5.52. The number of carbonyl (C=O) groups is 1. The highest BCUT2D eigenvalue weighted by Gasteiger charge is 1.97. The van der Waals surface area contributed by atoms with Gasteiger partial charge < -0.3 is 15.2 Å². The summed E-state index contributed by atoms with van der Waals surface area (Å²) in [6.07, 6.45) is 2.32. The molecule has 1 rings (SSSR count). The lowest BCUT2D eigenvalue weighted by Gasteiger charge is -2.06. The minimum Gasteiger partial charge on any atom is -0.493 e. The Morgan fingerprint density at radius 1 is 1.41 bits per heavy atom. The Balaban J connectivity index is 2.33. The van der Waals surface area contributed by atoms with E-state index in [-0.39, 0.29) is 0 Å². The summed E-state index contributed by atoms with van der Waals surface area (Å²) in [4.78, 5) is 10.3. The Bertz CT molecular complexity index is 359. The summed E-state index contributed by atoms with van der Waals surface area (Å²) in [6.45, 7) is 4.67. The third-order valence-electron chi connectivity index (χ3n) is 2.20. The van der Waals surface area contributed by atoms with Crippen LogP contribution in [-0.4, -0.2) is 24.4 Å². The molecular weight excluding hydrogens is 218 g/mol. The number of amides is 1. The molecule has 4 nitrogen and oxygen atoms in total. The van der Waals surface area contributed by atoms with Crippen LogP contribution in [0.25, 0.3) is 0 Å². The molecule has 0 fully saturated rings. The molecule has 17 heavy (non-hydrogen) atoms. The van der Waals surface area contributed by atoms with Crippen LogP contribution < -0.4 is 10.1 Å². The lowest BCUT2D eigenvalue weighted by atomic mass is 10.1. The summed E-state index contributed by atoms with van der Waals surface area (Å²) in [7, 11) is 0. The van der Waals surface area contributed by atoms with Crippen LogP contribution in [0.15, 0.2) is 36.9 Å². The van der Waals surface area contributed by atoms with Crippen molar-refractivity contribution in [1.29, 1.82) is 0 Å². The largest absolute Gasteiger partial charge is 0.493 e. The molecule has 1 aromatic carbocycles. The van der Waals surface area contributed by atoms with E-state index in [2.05, 4.69) is 11.9 Å². The van der Waals surface area contributed by atoms with Gasteiger partial charge in [0, 0.05) is 6.54 Å². The third-order valence-corrected chi connectivity index (χ3v) is 2.20. The highest BCUT2D eigenvalue weighted by atomic mass is 16.5. The summed E-state index contributed by atoms with van der Waals surface area (Å²) in [5.41, 5.74) is 1.08. The monoisotopic (exact) mass is 235 g/mol. The lowest BCUT2D eigenvalue weighted by Crippen LogP contribution is -2.23. The van der Waals surface area contributed by atoms with Crippen LogP contribution in [0, 0.1) is 0 Å². The second kappa shape index (κ2) is 7.33. The highest BCUT2D eigenvalue weighted by Crippen LogP contribution is 2.12. The maximum absolute atomic E-state index is 10.3. The van der Waals surface area contributed by atoms with Gasteiger partial charge in [0.05, 0.1) is 6.61 Å². The first kappa shape index (κ1) is 13.1. The molecule has 0 atom stereocenters. The number of hydrogen-bond donors (Lipinski definition) is 2. The summed E-state index contributed by atoms with van der Waals surface area (Å²) < 4.78 is 5.46. The van der Waals surface area contributed by atoms with E-state index in [4.69, 9.17) is 9.84 Å². The molecule has 92 valence electrons. The molecule has 0 aliphatic heterocycles. The van der Waals surface area contributed by atoms with Gasteiger partial charge in [-0.05, 0) is 30.5 Å². The molecule has 4 heteroatoms. The van der Waals surface area contributed by atoms with E-state index in [1.165, 1.54) is 0 Å². The maximum Gasteiger partial charge on any atom is 0.404 e. The molecule has 0 heterocycles. The van der Waals surface area contributed by atoms with E-state index in [1.54, 1.807) is 0 Å². The number of rotatable bonds is 7. The van der Waals surface area contributed by atoms with Gasteiger partial charge in [0.15, 0.2) is 0 Å². The van der Waals surface area contributed by atoms with Crippen molar-refractivity contribution in [3.8, 4) is 5.75 Å². The predicted octanol–water partition coefficient (Wildman–Crippen LogP) is 2.45. The minimum absolute atomic E-state index is 0.423. The molecule has 2 N–H and O–H groups in total. The number of hydrogen-bond acceptors (Lipinski definition) is 2. The summed E-state index contributed by atoms with van der Waals surface area (Å²) in [6, 6.07) is 7.65. The van der Waals surface area contributed by atoms with Gasteiger partial charge in [-0.15, -0.1) is 6.58 Å². The zero-order valence-electron chi connectivity index (χ0n) is 9.69. The molecule has 0 saturated heterocycles. The Morgan fingerprint density at radius 3 is 2.71 bits per heavy atom. The van der Waals surface area contributed by atoms with Crippen LogP contribution in [0.4, 0.5) is 4.79 Å². The van der Waals surface area contributed by atoms with E-state index in [0.29, 0.717) is 19.6 Å². The smallest absolute Gasteiger partial charge is 0.404 e. The van der Waals surface area contributed by atoms with Crippen molar-refractivity contribution >= 4 is 6.09 Å². The average molecular weight is 235 g/mol. The Hall–Kier alpha value is -1.97. The van der Waals surface area contributed by atoms with E-state index < -0.39 is 6.09 Å². The second-order valence-corrected chi connectivity index (χ2v) is 3.55. The van der Waals surface area contributed by atoms with Crippen molar-refractivity contribution in [2.24, 2.45) is 0 Å². The van der Waals surface area contributed by atoms with Gasteiger partial charge in [0.1, 0.15) is 5.75 Å². The zero-order chi connectivity index (χ0) is 12.5. The maximum atomic E-state index is 10.3. The van der Waals surface area contributed by atoms with Crippen LogP contribution in [0.2, 0.25) is 0 Å². The van der Waals surface area contributed by atoms with Crippen molar-refractivity contribution < 1.29 is 14.6 Å². The Labute approximate surface area is 101 Å². The van der Waals surface area contributed by atoms with E-state index in [1.807, 2.05) is 30.3 Å². The molecule has 0 saturated carbocycles. The van der Waals surface area contributed by atoms with Gasteiger partial charge >= 0.3 is 6.09 Å². The topological polar surface area (TPSA) is 58.6 Å². The van der Waals surface area contributed by atoms with E-state index >= 15 is 0 Å². The fourth-order valence-electron chi connectivity index (χ4n) is 1.33. The average Bonchev–Trinajstić information content (AvgIpc) is 2.31. The van der Waals surface area contributed by atoms with Crippen molar-refractivity contribution in [3.05, 3.63) is 42.5 Å². The molecule has 0 unspecified atom stereocenters. The Morgan fingerprint density at radius 2 is 2.12 bits per heavy atom. The van der Waals surface area contributed by atoms with Gasteiger partial charge in [-0.3, -0.25) is 0 Å². The van der Waals surface area contributed by atoms with Gasteiger partial charge in [0.2, 0.25) is 0 Å². The Kier molecular flexibility index (Phi) is 5.64. The van der Waals surface area contributed by atoms with E-state index in [9.17, 15) is 4.79 Å². The molecule has 1 amide bonds. The SMILES string of the molecule is C=CCCOc1ccc(CCNC(=O)O)cc1. The van der Waals surface area contributed by atoms with Crippen LogP contribution in [0.3, 0.4) is 0 Å². The van der Waals surface area contributed by atoms with Gasteiger partial charge in [-0.2, -0.15) is 0 Å². The zero-order valence-corrected chi connectivity index (χ0v) is 9.69. The third kappa shape index (κ3) is 5.61. The molecular formula is C13H17NO3. The first-order valence-electron chi connectivity index (χ1n) is 5.52. The fraction of sp³-hybridized carbons (Fsp3) is 0.308. The highest BCUT2D eigenvalue weighted by molar-refractivity contribution is 5.64. The summed E-state index contributed by atoms with van der Waals surface area (Å²) >= 11 is 0. The number of carboxylic acid groups (broad SMARTS) is 1. The predicted molar refractivity (Wildman–Crippen MR) is 66.5 cm³/mol. The van der Waals surface area contributed by atoms with Crippen LogP contribution in [0.5, 0.6) is 5.75 Å². The number of ether oxygens (including phenoxy) is 1. The molecule has 0 radical (unpaired) electrons. The molecule has 0 aromatic heterocycles. The normalized spacial score (nSPS) is 9.65. The molecule has 1 aromatic rings. The number of benzene rings is 1. The minimum atomic E-state index is -0.991. The fourth-order valence-corrected chi connectivity index (χ4v) is 1.33. The first-order chi connectivity index (χ1) is 8.22. The molecule has 0 spiro atoms. The van der Waals surface area contributed by atoms with Gasteiger partial charge in [-0.25, -0.2) is 4.79 Å². The van der Waals surface area contributed by atoms with Crippen molar-refractivity contribution in [2.75, 3.05) is 13.2 Å². The molecule has 0 bridgehead atoms. The summed E-state index contributed by atoms with van der Waals surface area (Å²) in [5, 5.41) is 10.7. The standard InChI is InChI=1S/C13H17NO3/c1-2-3-10-17-12-6-4-11(5-7-12)8-9-14-13(15)16/h2,4-7,14H,1,3,8-10H2,(H,15,16). The summed E-state index contributed by atoms with van der Waals surface area (Å²) in [5.74, 6) is 0.821. The second-order valence-electron chi connectivity index (χ2n) is 3.55. The van der Waals surface area contributed by atoms with Crippen molar-refractivity contribution in [1.82, 2.24) is 5.32 Å². The van der Waals surface area contributed by atoms with E-state index in [0.717, 1.165) is 17.7 Å². The van der Waals surface area contributed by atoms with Gasteiger partial charge in [0.25, 0.3) is 0 Å². The number of nitrogens with one attached hydrogen (secondary N) is 1. The molecule has 0 aliphatic carbocycles. The van der Waals surface area contributed by atoms with Crippen LogP contribution in [-0.2, 0) is 6.42 Å². The quantitative estimate of drug-likeness (QED) is 0.563. The lowest BCUT2D eigenvalue weighted by molar-refractivity contribution is 0.194. The van der Waals surface area contributed by atoms with Crippen molar-refractivity contribution in [2.45, 2.75) is 12.8 Å². The van der Waals surface area contributed by atoms with Crippen LogP contribution in [0.1, 0.15) is 12.0 Å². The molecule has 0 aliphatic rings. The van der Waals surface area contributed by atoms with Gasteiger partial charge in [-0.1, -0.05) is 18.2 Å². The van der Waals surface area contributed by atoms with Crippen molar-refractivity contribution in [3.63, 3.8) is 0 Å². The van der Waals surface area contributed by atoms with Crippen LogP contribution >= 0.6 is 0 Å².